The number of nitrogens with zero attached hydrogens (tertiary/aromatic N) is 6. The van der Waals surface area contributed by atoms with Crippen molar-refractivity contribution in [2.75, 3.05) is 11.1 Å². The molecular weight excluding hydrogens is 474 g/mol. The molecule has 1 amide bonds. The molecule has 10 heteroatoms. The first kappa shape index (κ1) is 22.5. The van der Waals surface area contributed by atoms with Gasteiger partial charge in [0.1, 0.15) is 5.82 Å². The molecular formula is C26H25N7O2S. The third kappa shape index (κ3) is 3.87. The Morgan fingerprint density at radius 2 is 1.83 bits per heavy atom. The van der Waals surface area contributed by atoms with Gasteiger partial charge in [-0.1, -0.05) is 54.9 Å². The Labute approximate surface area is 211 Å². The van der Waals surface area contributed by atoms with E-state index in [0.29, 0.717) is 27.9 Å². The molecule has 0 atom stereocenters. The van der Waals surface area contributed by atoms with Crippen LogP contribution in [0.15, 0.2) is 70.7 Å². The Morgan fingerprint density at radius 3 is 2.67 bits per heavy atom. The fourth-order valence-electron chi connectivity index (χ4n) is 4.97. The molecule has 3 aromatic heterocycles. The van der Waals surface area contributed by atoms with Gasteiger partial charge in [0.05, 0.1) is 34.6 Å². The maximum atomic E-state index is 13.5. The molecule has 0 radical (unpaired) electrons. The second-order valence-corrected chi connectivity index (χ2v) is 9.94. The van der Waals surface area contributed by atoms with Crippen LogP contribution in [0.2, 0.25) is 0 Å². The first-order chi connectivity index (χ1) is 17.6. The average molecular weight is 500 g/mol. The highest BCUT2D eigenvalue weighted by Gasteiger charge is 2.22. The predicted octanol–water partition coefficient (Wildman–Crippen LogP) is 4.38. The molecule has 1 aliphatic carbocycles. The summed E-state index contributed by atoms with van der Waals surface area (Å²) < 4.78 is 5.37. The van der Waals surface area contributed by atoms with E-state index in [1.54, 1.807) is 16.8 Å². The molecule has 2 aromatic carbocycles. The second kappa shape index (κ2) is 9.27. The lowest BCUT2D eigenvalue weighted by molar-refractivity contribution is -0.113. The van der Waals surface area contributed by atoms with E-state index in [1.165, 1.54) is 24.6 Å². The van der Waals surface area contributed by atoms with Gasteiger partial charge in [-0.2, -0.15) is 5.10 Å². The molecule has 0 unspecified atom stereocenters. The molecule has 1 N–H and O–H groups in total. The number of aryl methyl sites for hydroxylation is 1. The maximum absolute atomic E-state index is 13.5. The topological polar surface area (TPSA) is 99.1 Å². The molecule has 9 nitrogen and oxygen atoms in total. The summed E-state index contributed by atoms with van der Waals surface area (Å²) in [6, 6.07) is 17.3. The van der Waals surface area contributed by atoms with Crippen molar-refractivity contribution < 1.29 is 4.79 Å². The SMILES string of the molecule is Cc1ccccc1-n1c(=O)c2ccccc2n2c(SCC(=O)Nc3ccnn3C3CCCC3)nnc12. The summed E-state index contributed by atoms with van der Waals surface area (Å²) in [6.45, 7) is 1.96. The van der Waals surface area contributed by atoms with Gasteiger partial charge < -0.3 is 5.32 Å². The quantitative estimate of drug-likeness (QED) is 0.348. The highest BCUT2D eigenvalue weighted by Crippen LogP contribution is 2.31. The number of hydrogen-bond acceptors (Lipinski definition) is 6. The summed E-state index contributed by atoms with van der Waals surface area (Å²) >= 11 is 1.29. The first-order valence-corrected chi connectivity index (χ1v) is 13.0. The van der Waals surface area contributed by atoms with Crippen LogP contribution in [0.1, 0.15) is 37.3 Å². The fourth-order valence-corrected chi connectivity index (χ4v) is 5.71. The average Bonchev–Trinajstić information content (AvgIpc) is 3.65. The van der Waals surface area contributed by atoms with Crippen LogP contribution in [-0.4, -0.2) is 40.6 Å². The lowest BCUT2D eigenvalue weighted by Gasteiger charge is -2.14. The molecule has 182 valence electrons. The van der Waals surface area contributed by atoms with Gasteiger partial charge in [-0.15, -0.1) is 10.2 Å². The highest BCUT2D eigenvalue weighted by atomic mass is 32.2. The van der Waals surface area contributed by atoms with Crippen molar-refractivity contribution in [3.8, 4) is 5.69 Å². The Bertz CT molecular complexity index is 1650. The molecule has 3 heterocycles. The molecule has 0 spiro atoms. The third-order valence-electron chi connectivity index (χ3n) is 6.69. The molecule has 1 aliphatic rings. The van der Waals surface area contributed by atoms with E-state index in [4.69, 9.17) is 0 Å². The number of fused-ring (bicyclic) bond motifs is 3. The number of benzene rings is 2. The van der Waals surface area contributed by atoms with Gasteiger partial charge in [-0.05, 0) is 43.5 Å². The van der Waals surface area contributed by atoms with E-state index in [1.807, 2.05) is 64.5 Å². The van der Waals surface area contributed by atoms with Gasteiger partial charge in [0.25, 0.3) is 5.56 Å². The van der Waals surface area contributed by atoms with Crippen LogP contribution in [0.3, 0.4) is 0 Å². The van der Waals surface area contributed by atoms with E-state index < -0.39 is 0 Å². The molecule has 1 fully saturated rings. The van der Waals surface area contributed by atoms with Crippen LogP contribution in [0.25, 0.3) is 22.4 Å². The minimum Gasteiger partial charge on any atom is -0.310 e. The first-order valence-electron chi connectivity index (χ1n) is 12.0. The van der Waals surface area contributed by atoms with Crippen molar-refractivity contribution >= 4 is 40.2 Å². The number of thioether (sulfide) groups is 1. The fraction of sp³-hybridized carbons (Fsp3) is 0.269. The van der Waals surface area contributed by atoms with E-state index in [0.717, 1.165) is 29.9 Å². The van der Waals surface area contributed by atoms with Crippen molar-refractivity contribution in [1.82, 2.24) is 28.9 Å². The largest absolute Gasteiger partial charge is 0.310 e. The Morgan fingerprint density at radius 1 is 1.06 bits per heavy atom. The summed E-state index contributed by atoms with van der Waals surface area (Å²) in [5, 5.41) is 17.3. The normalized spacial score (nSPS) is 14.1. The Balaban J connectivity index is 1.34. The maximum Gasteiger partial charge on any atom is 0.267 e. The second-order valence-electron chi connectivity index (χ2n) is 9.00. The molecule has 0 aliphatic heterocycles. The smallest absolute Gasteiger partial charge is 0.267 e. The predicted molar refractivity (Wildman–Crippen MR) is 140 cm³/mol. The van der Waals surface area contributed by atoms with Crippen molar-refractivity contribution in [2.45, 2.75) is 43.8 Å². The van der Waals surface area contributed by atoms with Crippen molar-refractivity contribution in [2.24, 2.45) is 0 Å². The number of para-hydroxylation sites is 2. The standard InChI is InChI=1S/C26H25N7O2S/c1-17-8-2-6-12-20(17)31-24(35)19-11-5-7-13-21(19)32-25(31)29-30-26(32)36-16-23(34)28-22-14-15-27-33(22)18-9-3-4-10-18/h2,5-8,11-15,18H,3-4,9-10,16H2,1H3,(H,28,34). The Hall–Kier alpha value is -3.92. The molecule has 6 rings (SSSR count). The lowest BCUT2D eigenvalue weighted by atomic mass is 10.2. The van der Waals surface area contributed by atoms with Gasteiger partial charge >= 0.3 is 0 Å². The zero-order valence-corrected chi connectivity index (χ0v) is 20.6. The van der Waals surface area contributed by atoms with E-state index >= 15 is 0 Å². The van der Waals surface area contributed by atoms with Crippen LogP contribution in [-0.2, 0) is 4.79 Å². The molecule has 1 saturated carbocycles. The number of rotatable bonds is 6. The summed E-state index contributed by atoms with van der Waals surface area (Å²) in [7, 11) is 0. The van der Waals surface area contributed by atoms with Crippen molar-refractivity contribution in [3.05, 3.63) is 76.7 Å². The van der Waals surface area contributed by atoms with Crippen LogP contribution in [0, 0.1) is 6.92 Å². The summed E-state index contributed by atoms with van der Waals surface area (Å²) in [5.41, 5.74) is 2.25. The van der Waals surface area contributed by atoms with Gasteiger partial charge in [-0.25, -0.2) is 9.25 Å². The van der Waals surface area contributed by atoms with Gasteiger partial charge in [-0.3, -0.25) is 14.0 Å². The van der Waals surface area contributed by atoms with E-state index in [9.17, 15) is 9.59 Å². The van der Waals surface area contributed by atoms with Crippen molar-refractivity contribution in [3.63, 3.8) is 0 Å². The zero-order valence-electron chi connectivity index (χ0n) is 19.8. The van der Waals surface area contributed by atoms with Crippen LogP contribution in [0.4, 0.5) is 5.82 Å². The Kier molecular flexibility index (Phi) is 5.80. The number of nitrogens with one attached hydrogen (secondary N) is 1. The van der Waals surface area contributed by atoms with Gasteiger partial charge in [0, 0.05) is 6.07 Å². The van der Waals surface area contributed by atoms with Gasteiger partial charge in [0.15, 0.2) is 5.16 Å². The third-order valence-corrected chi connectivity index (χ3v) is 7.62. The number of carbonyl (C=O) groups excluding carboxylic acids is 1. The number of carbonyl (C=O) groups is 1. The number of hydrogen-bond donors (Lipinski definition) is 1. The molecule has 0 bridgehead atoms. The summed E-state index contributed by atoms with van der Waals surface area (Å²) in [6.07, 6.45) is 6.27. The van der Waals surface area contributed by atoms with Crippen LogP contribution >= 0.6 is 11.8 Å². The minimum atomic E-state index is -0.158. The summed E-state index contributed by atoms with van der Waals surface area (Å²) in [4.78, 5) is 26.4. The lowest BCUT2D eigenvalue weighted by Crippen LogP contribution is -2.22. The molecule has 36 heavy (non-hydrogen) atoms. The monoisotopic (exact) mass is 499 g/mol. The highest BCUT2D eigenvalue weighted by molar-refractivity contribution is 7.99. The summed E-state index contributed by atoms with van der Waals surface area (Å²) in [5.74, 6) is 1.13. The van der Waals surface area contributed by atoms with Crippen LogP contribution in [0.5, 0.6) is 0 Å². The molecule has 5 aromatic rings. The van der Waals surface area contributed by atoms with E-state index in [-0.39, 0.29) is 17.2 Å². The number of aromatic nitrogens is 6. The number of amides is 1. The molecule has 0 saturated heterocycles. The van der Waals surface area contributed by atoms with Crippen LogP contribution < -0.4 is 10.9 Å². The van der Waals surface area contributed by atoms with Crippen molar-refractivity contribution in [1.29, 1.82) is 0 Å². The minimum absolute atomic E-state index is 0.145. The van der Waals surface area contributed by atoms with Gasteiger partial charge in [0.2, 0.25) is 11.7 Å². The zero-order chi connectivity index (χ0) is 24.6. The van der Waals surface area contributed by atoms with E-state index in [2.05, 4.69) is 20.6 Å². The number of anilines is 1.